The van der Waals surface area contributed by atoms with E-state index in [0.717, 1.165) is 41.3 Å². The third kappa shape index (κ3) is 3.37. The Labute approximate surface area is 145 Å². The van der Waals surface area contributed by atoms with Crippen LogP contribution in [0.25, 0.3) is 0 Å². The summed E-state index contributed by atoms with van der Waals surface area (Å²) in [5, 5.41) is 0. The zero-order valence-electron chi connectivity index (χ0n) is 13.8. The van der Waals surface area contributed by atoms with Crippen molar-refractivity contribution in [1.82, 2.24) is 14.9 Å². The summed E-state index contributed by atoms with van der Waals surface area (Å²) < 4.78 is 11.6. The predicted octanol–water partition coefficient (Wildman–Crippen LogP) is 2.40. The molecule has 0 saturated heterocycles. The molecule has 1 aliphatic heterocycles. The Hall–Kier alpha value is -2.12. The molecule has 2 heterocycles. The van der Waals surface area contributed by atoms with Crippen LogP contribution in [0.15, 0.2) is 23.0 Å². The van der Waals surface area contributed by atoms with Gasteiger partial charge in [0.2, 0.25) is 0 Å². The molecule has 24 heavy (non-hydrogen) atoms. The van der Waals surface area contributed by atoms with Crippen molar-refractivity contribution < 1.29 is 9.47 Å². The number of H-pyrrole nitrogens is 2. The van der Waals surface area contributed by atoms with E-state index in [1.807, 2.05) is 25.1 Å². The minimum Gasteiger partial charge on any atom is -0.493 e. The molecule has 0 aliphatic carbocycles. The van der Waals surface area contributed by atoms with E-state index in [0.29, 0.717) is 24.5 Å². The molecule has 0 spiro atoms. The van der Waals surface area contributed by atoms with Gasteiger partial charge in [0.05, 0.1) is 19.3 Å². The molecule has 7 heteroatoms. The highest BCUT2D eigenvalue weighted by molar-refractivity contribution is 7.71. The fourth-order valence-corrected chi connectivity index (χ4v) is 3.26. The van der Waals surface area contributed by atoms with Crippen molar-refractivity contribution in [2.75, 3.05) is 20.3 Å². The van der Waals surface area contributed by atoms with E-state index >= 15 is 0 Å². The maximum absolute atomic E-state index is 12.1. The van der Waals surface area contributed by atoms with E-state index in [1.54, 1.807) is 7.11 Å². The second kappa shape index (κ2) is 7.19. The summed E-state index contributed by atoms with van der Waals surface area (Å²) in [5.74, 6) is 1.50. The van der Waals surface area contributed by atoms with E-state index in [-0.39, 0.29) is 5.56 Å². The lowest BCUT2D eigenvalue weighted by molar-refractivity contribution is 0.233. The molecule has 1 aliphatic rings. The molecule has 6 nitrogen and oxygen atoms in total. The van der Waals surface area contributed by atoms with Crippen molar-refractivity contribution in [2.45, 2.75) is 26.4 Å². The Balaban J connectivity index is 1.85. The molecule has 128 valence electrons. The van der Waals surface area contributed by atoms with Crippen LogP contribution in [0.2, 0.25) is 0 Å². The number of para-hydroxylation sites is 1. The second-order valence-electron chi connectivity index (χ2n) is 5.71. The standard InChI is InChI=1S/C17H21N3O3S/c1-3-23-15-11(5-4-6-14(15)22-2)9-20-8-7-13-12(10-20)16(21)19-17(24)18-13/h4-6H,3,7-10H2,1-2H3,(H2,18,19,21,24). The monoisotopic (exact) mass is 347 g/mol. The highest BCUT2D eigenvalue weighted by Gasteiger charge is 2.21. The lowest BCUT2D eigenvalue weighted by atomic mass is 10.1. The maximum Gasteiger partial charge on any atom is 0.256 e. The van der Waals surface area contributed by atoms with Gasteiger partial charge in [-0.15, -0.1) is 0 Å². The Morgan fingerprint density at radius 2 is 2.17 bits per heavy atom. The smallest absolute Gasteiger partial charge is 0.256 e. The zero-order valence-corrected chi connectivity index (χ0v) is 14.7. The Bertz CT molecular complexity index is 844. The van der Waals surface area contributed by atoms with Gasteiger partial charge in [0.1, 0.15) is 0 Å². The first-order valence-corrected chi connectivity index (χ1v) is 8.38. The summed E-state index contributed by atoms with van der Waals surface area (Å²) in [6, 6.07) is 5.88. The van der Waals surface area contributed by atoms with Gasteiger partial charge in [0, 0.05) is 37.3 Å². The van der Waals surface area contributed by atoms with Crippen LogP contribution in [0.4, 0.5) is 0 Å². The van der Waals surface area contributed by atoms with Crippen molar-refractivity contribution in [3.05, 3.63) is 50.1 Å². The lowest BCUT2D eigenvalue weighted by Gasteiger charge is -2.28. The highest BCUT2D eigenvalue weighted by atomic mass is 32.1. The summed E-state index contributed by atoms with van der Waals surface area (Å²) in [5.41, 5.74) is 2.65. The van der Waals surface area contributed by atoms with Crippen LogP contribution in [-0.2, 0) is 19.5 Å². The van der Waals surface area contributed by atoms with Crippen LogP contribution in [-0.4, -0.2) is 35.1 Å². The molecule has 0 bridgehead atoms. The molecule has 2 aromatic rings. The number of ether oxygens (including phenoxy) is 2. The predicted molar refractivity (Wildman–Crippen MR) is 94.2 cm³/mol. The van der Waals surface area contributed by atoms with Crippen LogP contribution in [0.1, 0.15) is 23.7 Å². The van der Waals surface area contributed by atoms with Crippen molar-refractivity contribution in [1.29, 1.82) is 0 Å². The van der Waals surface area contributed by atoms with Crippen molar-refractivity contribution in [2.24, 2.45) is 0 Å². The number of fused-ring (bicyclic) bond motifs is 1. The fraction of sp³-hybridized carbons (Fsp3) is 0.412. The molecule has 0 fully saturated rings. The number of methoxy groups -OCH3 is 1. The molecule has 0 atom stereocenters. The number of aromatic amines is 2. The minimum absolute atomic E-state index is 0.103. The zero-order chi connectivity index (χ0) is 17.1. The largest absolute Gasteiger partial charge is 0.493 e. The summed E-state index contributed by atoms with van der Waals surface area (Å²) in [7, 11) is 1.64. The number of rotatable bonds is 5. The molecule has 0 saturated carbocycles. The van der Waals surface area contributed by atoms with Gasteiger partial charge in [-0.3, -0.25) is 14.7 Å². The second-order valence-corrected chi connectivity index (χ2v) is 6.12. The fourth-order valence-electron chi connectivity index (χ4n) is 3.04. The molecular weight excluding hydrogens is 326 g/mol. The number of nitrogens with zero attached hydrogens (tertiary/aromatic N) is 1. The van der Waals surface area contributed by atoms with Crippen molar-refractivity contribution in [3.8, 4) is 11.5 Å². The first-order valence-electron chi connectivity index (χ1n) is 7.97. The van der Waals surface area contributed by atoms with Gasteiger partial charge < -0.3 is 14.5 Å². The van der Waals surface area contributed by atoms with Gasteiger partial charge in [0.25, 0.3) is 5.56 Å². The molecule has 0 amide bonds. The van der Waals surface area contributed by atoms with Crippen LogP contribution >= 0.6 is 12.2 Å². The Morgan fingerprint density at radius 3 is 2.92 bits per heavy atom. The normalized spacial score (nSPS) is 14.2. The number of hydrogen-bond acceptors (Lipinski definition) is 5. The van der Waals surface area contributed by atoms with Crippen molar-refractivity contribution >= 4 is 12.2 Å². The van der Waals surface area contributed by atoms with E-state index < -0.39 is 0 Å². The Morgan fingerprint density at radius 1 is 1.33 bits per heavy atom. The molecular formula is C17H21N3O3S. The van der Waals surface area contributed by atoms with Gasteiger partial charge in [-0.05, 0) is 25.2 Å². The van der Waals surface area contributed by atoms with Crippen LogP contribution < -0.4 is 15.0 Å². The lowest BCUT2D eigenvalue weighted by Crippen LogP contribution is -2.35. The first-order chi connectivity index (χ1) is 11.6. The summed E-state index contributed by atoms with van der Waals surface area (Å²) >= 11 is 5.04. The van der Waals surface area contributed by atoms with Gasteiger partial charge in [-0.25, -0.2) is 0 Å². The van der Waals surface area contributed by atoms with Gasteiger partial charge in [-0.2, -0.15) is 0 Å². The number of benzene rings is 1. The highest BCUT2D eigenvalue weighted by Crippen LogP contribution is 2.32. The SMILES string of the molecule is CCOc1c(CN2CCc3[nH]c(=S)[nH]c(=O)c3C2)cccc1OC. The van der Waals surface area contributed by atoms with Gasteiger partial charge in [0.15, 0.2) is 16.3 Å². The molecule has 0 radical (unpaired) electrons. The minimum atomic E-state index is -0.103. The molecule has 1 aromatic heterocycles. The van der Waals surface area contributed by atoms with Crippen LogP contribution in [0, 0.1) is 4.77 Å². The number of aromatic nitrogens is 2. The Kier molecular flexibility index (Phi) is 5.01. The first kappa shape index (κ1) is 16.7. The van der Waals surface area contributed by atoms with Crippen LogP contribution in [0.3, 0.4) is 0 Å². The molecule has 1 aromatic carbocycles. The quantitative estimate of drug-likeness (QED) is 0.813. The summed E-state index contributed by atoms with van der Waals surface area (Å²) in [4.78, 5) is 20.1. The van der Waals surface area contributed by atoms with E-state index in [2.05, 4.69) is 14.9 Å². The number of hydrogen-bond donors (Lipinski definition) is 2. The average Bonchev–Trinajstić information content (AvgIpc) is 2.57. The number of nitrogens with one attached hydrogen (secondary N) is 2. The molecule has 2 N–H and O–H groups in total. The van der Waals surface area contributed by atoms with E-state index in [4.69, 9.17) is 21.7 Å². The summed E-state index contributed by atoms with van der Waals surface area (Å²) in [6.45, 7) is 4.66. The third-order valence-corrected chi connectivity index (χ3v) is 4.36. The van der Waals surface area contributed by atoms with E-state index in [1.165, 1.54) is 0 Å². The average molecular weight is 347 g/mol. The summed E-state index contributed by atoms with van der Waals surface area (Å²) in [6.07, 6.45) is 0.775. The molecule has 0 unspecified atom stereocenters. The topological polar surface area (TPSA) is 70.3 Å². The van der Waals surface area contributed by atoms with Crippen LogP contribution in [0.5, 0.6) is 11.5 Å². The van der Waals surface area contributed by atoms with E-state index in [9.17, 15) is 4.79 Å². The molecule has 3 rings (SSSR count). The van der Waals surface area contributed by atoms with Gasteiger partial charge >= 0.3 is 0 Å². The van der Waals surface area contributed by atoms with Crippen molar-refractivity contribution in [3.63, 3.8) is 0 Å². The van der Waals surface area contributed by atoms with Gasteiger partial charge in [-0.1, -0.05) is 12.1 Å². The third-order valence-electron chi connectivity index (χ3n) is 4.15. The maximum atomic E-state index is 12.1.